The first kappa shape index (κ1) is 13.1. The first-order valence-electron chi connectivity index (χ1n) is 7.73. The van der Waals surface area contributed by atoms with Crippen molar-refractivity contribution in [1.82, 2.24) is 5.16 Å². The first-order chi connectivity index (χ1) is 10.9. The Labute approximate surface area is 130 Å². The molecule has 3 nitrogen and oxygen atoms in total. The molecule has 1 N–H and O–H groups in total. The standard InChI is InChI=1S/C19H18N2O/c1-3-7-14(8-4-1)17(15-9-5-2-6-10-15)13-18-16-11-12-20-19(16)22-21-18/h1-10,17,20H,11-13H2. The number of aromatic nitrogens is 1. The lowest BCUT2D eigenvalue weighted by molar-refractivity contribution is 0.423. The van der Waals surface area contributed by atoms with Gasteiger partial charge in [-0.15, -0.1) is 0 Å². The van der Waals surface area contributed by atoms with Crippen LogP contribution in [-0.2, 0) is 12.8 Å². The van der Waals surface area contributed by atoms with Crippen LogP contribution in [0.4, 0.5) is 5.88 Å². The van der Waals surface area contributed by atoms with Gasteiger partial charge in [0.05, 0.1) is 5.69 Å². The highest BCUT2D eigenvalue weighted by Gasteiger charge is 2.24. The molecule has 1 aliphatic heterocycles. The summed E-state index contributed by atoms with van der Waals surface area (Å²) in [5.74, 6) is 1.16. The maximum Gasteiger partial charge on any atom is 0.228 e. The molecule has 1 aliphatic rings. The molecular formula is C19H18N2O. The van der Waals surface area contributed by atoms with Crippen molar-refractivity contribution in [2.75, 3.05) is 11.9 Å². The average molecular weight is 290 g/mol. The minimum absolute atomic E-state index is 0.303. The molecule has 0 fully saturated rings. The van der Waals surface area contributed by atoms with Crippen LogP contribution in [0.1, 0.15) is 28.3 Å². The van der Waals surface area contributed by atoms with E-state index in [1.54, 1.807) is 0 Å². The highest BCUT2D eigenvalue weighted by atomic mass is 16.5. The van der Waals surface area contributed by atoms with Crippen LogP contribution in [-0.4, -0.2) is 11.7 Å². The van der Waals surface area contributed by atoms with E-state index < -0.39 is 0 Å². The quantitative estimate of drug-likeness (QED) is 0.788. The van der Waals surface area contributed by atoms with Crippen LogP contribution >= 0.6 is 0 Å². The number of nitrogens with zero attached hydrogens (tertiary/aromatic N) is 1. The summed E-state index contributed by atoms with van der Waals surface area (Å²) in [4.78, 5) is 0. The van der Waals surface area contributed by atoms with E-state index in [1.807, 2.05) is 0 Å². The fourth-order valence-electron chi connectivity index (χ4n) is 3.19. The van der Waals surface area contributed by atoms with Gasteiger partial charge >= 0.3 is 0 Å². The molecular weight excluding hydrogens is 272 g/mol. The first-order valence-corrected chi connectivity index (χ1v) is 7.73. The van der Waals surface area contributed by atoms with Crippen molar-refractivity contribution >= 4 is 5.88 Å². The van der Waals surface area contributed by atoms with Crippen molar-refractivity contribution in [2.45, 2.75) is 18.8 Å². The monoisotopic (exact) mass is 290 g/mol. The van der Waals surface area contributed by atoms with Gasteiger partial charge in [0.2, 0.25) is 5.88 Å². The van der Waals surface area contributed by atoms with E-state index in [2.05, 4.69) is 71.1 Å². The smallest absolute Gasteiger partial charge is 0.228 e. The third kappa shape index (κ3) is 2.39. The summed E-state index contributed by atoms with van der Waals surface area (Å²) >= 11 is 0. The van der Waals surface area contributed by atoms with Crippen molar-refractivity contribution < 1.29 is 4.52 Å². The van der Waals surface area contributed by atoms with Crippen LogP contribution in [0.2, 0.25) is 0 Å². The summed E-state index contributed by atoms with van der Waals surface area (Å²) in [6, 6.07) is 21.3. The Hall–Kier alpha value is -2.55. The molecule has 0 spiro atoms. The molecule has 0 bridgehead atoms. The summed E-state index contributed by atoms with van der Waals surface area (Å²) in [6.45, 7) is 0.949. The average Bonchev–Trinajstić information content (AvgIpc) is 3.18. The normalized spacial score (nSPS) is 13.1. The molecule has 3 aromatic rings. The van der Waals surface area contributed by atoms with Gasteiger partial charge in [0, 0.05) is 24.4 Å². The van der Waals surface area contributed by atoms with Crippen molar-refractivity contribution in [3.8, 4) is 0 Å². The molecule has 0 unspecified atom stereocenters. The van der Waals surface area contributed by atoms with Gasteiger partial charge in [0.1, 0.15) is 0 Å². The summed E-state index contributed by atoms with van der Waals surface area (Å²) in [7, 11) is 0. The highest BCUT2D eigenvalue weighted by Crippen LogP contribution is 2.32. The summed E-state index contributed by atoms with van der Waals surface area (Å²) in [5, 5.41) is 7.54. The molecule has 0 radical (unpaired) electrons. The number of hydrogen-bond donors (Lipinski definition) is 1. The second-order valence-corrected chi connectivity index (χ2v) is 5.69. The third-order valence-corrected chi connectivity index (χ3v) is 4.33. The number of anilines is 1. The van der Waals surface area contributed by atoms with Gasteiger partial charge in [-0.05, 0) is 17.5 Å². The highest BCUT2D eigenvalue weighted by molar-refractivity contribution is 5.49. The second-order valence-electron chi connectivity index (χ2n) is 5.69. The number of rotatable bonds is 4. The van der Waals surface area contributed by atoms with Crippen molar-refractivity contribution in [3.63, 3.8) is 0 Å². The summed E-state index contributed by atoms with van der Waals surface area (Å²) < 4.78 is 5.42. The molecule has 110 valence electrons. The van der Waals surface area contributed by atoms with Gasteiger partial charge in [0.25, 0.3) is 0 Å². The van der Waals surface area contributed by atoms with Crippen molar-refractivity contribution in [3.05, 3.63) is 83.0 Å². The SMILES string of the molecule is c1ccc(C(Cc2noc3c2CCN3)c2ccccc2)cc1. The minimum Gasteiger partial charge on any atom is -0.353 e. The minimum atomic E-state index is 0.303. The molecule has 2 aromatic carbocycles. The Morgan fingerprint density at radius 2 is 1.59 bits per heavy atom. The van der Waals surface area contributed by atoms with Crippen LogP contribution in [0.25, 0.3) is 0 Å². The predicted octanol–water partition coefficient (Wildman–Crippen LogP) is 4.02. The number of nitrogens with one attached hydrogen (secondary N) is 1. The molecule has 0 amide bonds. The molecule has 0 saturated heterocycles. The topological polar surface area (TPSA) is 38.1 Å². The summed E-state index contributed by atoms with van der Waals surface area (Å²) in [6.07, 6.45) is 1.87. The van der Waals surface area contributed by atoms with Crippen LogP contribution in [0.15, 0.2) is 65.2 Å². The zero-order valence-corrected chi connectivity index (χ0v) is 12.3. The zero-order valence-electron chi connectivity index (χ0n) is 12.3. The van der Waals surface area contributed by atoms with Gasteiger partial charge in [0.15, 0.2) is 0 Å². The van der Waals surface area contributed by atoms with E-state index in [9.17, 15) is 0 Å². The molecule has 2 heterocycles. The van der Waals surface area contributed by atoms with E-state index in [0.29, 0.717) is 5.92 Å². The van der Waals surface area contributed by atoms with E-state index in [0.717, 1.165) is 31.0 Å². The lowest BCUT2D eigenvalue weighted by Crippen LogP contribution is -2.07. The van der Waals surface area contributed by atoms with Crippen molar-refractivity contribution in [2.24, 2.45) is 0 Å². The van der Waals surface area contributed by atoms with Crippen molar-refractivity contribution in [1.29, 1.82) is 0 Å². The fraction of sp³-hybridized carbons (Fsp3) is 0.211. The van der Waals surface area contributed by atoms with Gasteiger partial charge in [-0.1, -0.05) is 65.8 Å². The second kappa shape index (κ2) is 5.68. The Balaban J connectivity index is 1.71. The molecule has 3 heteroatoms. The largest absolute Gasteiger partial charge is 0.353 e. The Bertz CT molecular complexity index is 710. The van der Waals surface area contributed by atoms with E-state index in [-0.39, 0.29) is 0 Å². The van der Waals surface area contributed by atoms with E-state index >= 15 is 0 Å². The molecule has 0 atom stereocenters. The summed E-state index contributed by atoms with van der Waals surface area (Å²) in [5.41, 5.74) is 4.96. The number of benzene rings is 2. The maximum absolute atomic E-state index is 5.42. The fourth-order valence-corrected chi connectivity index (χ4v) is 3.19. The zero-order chi connectivity index (χ0) is 14.8. The van der Waals surface area contributed by atoms with Gasteiger partial charge in [-0.2, -0.15) is 0 Å². The number of fused-ring (bicyclic) bond motifs is 1. The van der Waals surface area contributed by atoms with E-state index in [4.69, 9.17) is 4.52 Å². The van der Waals surface area contributed by atoms with Gasteiger partial charge in [-0.25, -0.2) is 0 Å². The lowest BCUT2D eigenvalue weighted by Gasteiger charge is -2.17. The molecule has 1 aromatic heterocycles. The van der Waals surface area contributed by atoms with E-state index in [1.165, 1.54) is 16.7 Å². The maximum atomic E-state index is 5.42. The molecule has 0 aliphatic carbocycles. The van der Waals surface area contributed by atoms with Crippen LogP contribution < -0.4 is 5.32 Å². The third-order valence-electron chi connectivity index (χ3n) is 4.33. The van der Waals surface area contributed by atoms with Gasteiger partial charge < -0.3 is 9.84 Å². The predicted molar refractivity (Wildman–Crippen MR) is 87.1 cm³/mol. The lowest BCUT2D eigenvalue weighted by atomic mass is 9.86. The molecule has 22 heavy (non-hydrogen) atoms. The Morgan fingerprint density at radius 3 is 2.23 bits per heavy atom. The molecule has 4 rings (SSSR count). The molecule has 0 saturated carbocycles. The van der Waals surface area contributed by atoms with Crippen LogP contribution in [0.3, 0.4) is 0 Å². The van der Waals surface area contributed by atoms with Crippen LogP contribution in [0.5, 0.6) is 0 Å². The van der Waals surface area contributed by atoms with Crippen LogP contribution in [0, 0.1) is 0 Å². The van der Waals surface area contributed by atoms with Gasteiger partial charge in [-0.3, -0.25) is 0 Å². The Kier molecular flexibility index (Phi) is 3.39. The Morgan fingerprint density at radius 1 is 0.955 bits per heavy atom. The number of hydrogen-bond acceptors (Lipinski definition) is 3.